The number of phenolic OH excluding ortho intramolecular Hbond substituents is 1. The van der Waals surface area contributed by atoms with Crippen LogP contribution < -0.4 is 0 Å². The number of para-hydroxylation sites is 1. The summed E-state index contributed by atoms with van der Waals surface area (Å²) < 4.78 is 0. The molecule has 3 rings (SSSR count). The summed E-state index contributed by atoms with van der Waals surface area (Å²) in [6.07, 6.45) is 0. The van der Waals surface area contributed by atoms with Crippen molar-refractivity contribution in [2.24, 2.45) is 0 Å². The van der Waals surface area contributed by atoms with Crippen molar-refractivity contribution in [2.45, 2.75) is 5.16 Å². The highest BCUT2D eigenvalue weighted by Crippen LogP contribution is 2.25. The number of non-ortho nitro benzene ring substituents is 1. The number of imidazole rings is 1. The Morgan fingerprint density at radius 2 is 2.09 bits per heavy atom. The van der Waals surface area contributed by atoms with Gasteiger partial charge in [0.1, 0.15) is 5.75 Å². The van der Waals surface area contributed by atoms with E-state index in [1.165, 1.54) is 30.0 Å². The van der Waals surface area contributed by atoms with Crippen molar-refractivity contribution in [2.75, 3.05) is 5.75 Å². The van der Waals surface area contributed by atoms with Crippen LogP contribution in [0.15, 0.2) is 47.6 Å². The zero-order valence-electron chi connectivity index (χ0n) is 11.7. The molecule has 0 unspecified atom stereocenters. The number of aromatic nitrogens is 2. The number of nitro benzene ring substituents is 1. The first-order chi connectivity index (χ1) is 11.0. The quantitative estimate of drug-likeness (QED) is 0.322. The number of nitro groups is 1. The summed E-state index contributed by atoms with van der Waals surface area (Å²) in [6.45, 7) is 0. The molecule has 1 heterocycles. The minimum Gasteiger partial charge on any atom is -0.507 e. The van der Waals surface area contributed by atoms with Gasteiger partial charge in [-0.25, -0.2) is 4.98 Å². The lowest BCUT2D eigenvalue weighted by atomic mass is 10.1. The molecule has 0 saturated heterocycles. The van der Waals surface area contributed by atoms with Crippen LogP contribution in [0.1, 0.15) is 10.4 Å². The summed E-state index contributed by atoms with van der Waals surface area (Å²) in [7, 11) is 0. The molecule has 2 aromatic carbocycles. The van der Waals surface area contributed by atoms with Crippen LogP contribution in [-0.2, 0) is 0 Å². The predicted octanol–water partition coefficient (Wildman–Crippen LogP) is 3.15. The van der Waals surface area contributed by atoms with Gasteiger partial charge in [-0.2, -0.15) is 0 Å². The third-order valence-corrected chi connectivity index (χ3v) is 4.07. The maximum atomic E-state index is 12.1. The van der Waals surface area contributed by atoms with Crippen LogP contribution in [0.3, 0.4) is 0 Å². The molecule has 116 valence electrons. The van der Waals surface area contributed by atoms with Gasteiger partial charge in [0.05, 0.1) is 27.3 Å². The van der Waals surface area contributed by atoms with E-state index in [2.05, 4.69) is 9.97 Å². The molecule has 8 heteroatoms. The largest absolute Gasteiger partial charge is 0.507 e. The molecule has 0 saturated carbocycles. The summed E-state index contributed by atoms with van der Waals surface area (Å²) >= 11 is 1.17. The number of nitrogens with zero attached hydrogens (tertiary/aromatic N) is 2. The average molecular weight is 329 g/mol. The van der Waals surface area contributed by atoms with E-state index in [9.17, 15) is 20.0 Å². The number of benzene rings is 2. The normalized spacial score (nSPS) is 10.8. The highest BCUT2D eigenvalue weighted by molar-refractivity contribution is 7.99. The Balaban J connectivity index is 1.76. The zero-order chi connectivity index (χ0) is 16.4. The number of Topliss-reactive ketones (excluding diaryl/α,β-unsaturated/α-hetero) is 1. The first-order valence-corrected chi connectivity index (χ1v) is 7.61. The van der Waals surface area contributed by atoms with Crippen LogP contribution in [0.25, 0.3) is 11.0 Å². The van der Waals surface area contributed by atoms with Gasteiger partial charge in [0.25, 0.3) is 5.69 Å². The Morgan fingerprint density at radius 3 is 2.83 bits per heavy atom. The number of phenols is 1. The van der Waals surface area contributed by atoms with Crippen LogP contribution >= 0.6 is 11.8 Å². The Hall–Kier alpha value is -2.87. The van der Waals surface area contributed by atoms with Crippen molar-refractivity contribution in [3.63, 3.8) is 0 Å². The summed E-state index contributed by atoms with van der Waals surface area (Å²) in [4.78, 5) is 29.6. The molecule has 0 radical (unpaired) electrons. The van der Waals surface area contributed by atoms with Gasteiger partial charge in [0, 0.05) is 12.1 Å². The minimum absolute atomic E-state index is 0.0250. The summed E-state index contributed by atoms with van der Waals surface area (Å²) in [5.41, 5.74) is 1.36. The number of aromatic amines is 1. The van der Waals surface area contributed by atoms with Gasteiger partial charge in [-0.15, -0.1) is 0 Å². The van der Waals surface area contributed by atoms with Crippen LogP contribution in [0, 0.1) is 10.1 Å². The number of aromatic hydroxyl groups is 1. The maximum absolute atomic E-state index is 12.1. The molecule has 7 nitrogen and oxygen atoms in total. The fourth-order valence-corrected chi connectivity index (χ4v) is 2.85. The number of hydrogen-bond donors (Lipinski definition) is 2. The van der Waals surface area contributed by atoms with Gasteiger partial charge in [0.15, 0.2) is 10.9 Å². The molecule has 0 bridgehead atoms. The molecule has 0 aliphatic carbocycles. The van der Waals surface area contributed by atoms with E-state index in [1.807, 2.05) is 0 Å². The smallest absolute Gasteiger partial charge is 0.271 e. The van der Waals surface area contributed by atoms with Crippen molar-refractivity contribution in [1.29, 1.82) is 0 Å². The van der Waals surface area contributed by atoms with E-state index in [1.54, 1.807) is 24.3 Å². The van der Waals surface area contributed by atoms with Gasteiger partial charge >= 0.3 is 0 Å². The van der Waals surface area contributed by atoms with Gasteiger partial charge in [0.2, 0.25) is 0 Å². The van der Waals surface area contributed by atoms with Gasteiger partial charge in [-0.3, -0.25) is 14.9 Å². The van der Waals surface area contributed by atoms with Gasteiger partial charge < -0.3 is 10.1 Å². The number of nitrogens with one attached hydrogen (secondary N) is 1. The highest BCUT2D eigenvalue weighted by atomic mass is 32.2. The third-order valence-electron chi connectivity index (χ3n) is 3.20. The molecule has 0 aliphatic rings. The number of H-pyrrole nitrogens is 1. The van der Waals surface area contributed by atoms with Crippen LogP contribution in [0.5, 0.6) is 5.75 Å². The Bertz CT molecular complexity index is 907. The van der Waals surface area contributed by atoms with E-state index in [0.717, 1.165) is 0 Å². The Morgan fingerprint density at radius 1 is 1.30 bits per heavy atom. The van der Waals surface area contributed by atoms with E-state index < -0.39 is 4.92 Å². The number of thioether (sulfide) groups is 1. The topological polar surface area (TPSA) is 109 Å². The first kappa shape index (κ1) is 15.0. The second-order valence-electron chi connectivity index (χ2n) is 4.73. The number of hydrogen-bond acceptors (Lipinski definition) is 6. The fraction of sp³-hybridized carbons (Fsp3) is 0.0667. The molecular formula is C15H11N3O4S. The van der Waals surface area contributed by atoms with Crippen LogP contribution in [0.4, 0.5) is 5.69 Å². The second-order valence-corrected chi connectivity index (χ2v) is 5.69. The predicted molar refractivity (Wildman–Crippen MR) is 85.9 cm³/mol. The lowest BCUT2D eigenvalue weighted by Gasteiger charge is -2.01. The first-order valence-electron chi connectivity index (χ1n) is 6.63. The van der Waals surface area contributed by atoms with Crippen molar-refractivity contribution < 1.29 is 14.8 Å². The van der Waals surface area contributed by atoms with Crippen molar-refractivity contribution in [1.82, 2.24) is 9.97 Å². The lowest BCUT2D eigenvalue weighted by Crippen LogP contribution is -2.02. The number of fused-ring (bicyclic) bond motifs is 1. The molecular weight excluding hydrogens is 318 g/mol. The molecule has 23 heavy (non-hydrogen) atoms. The number of carbonyl (C=O) groups excluding carboxylic acids is 1. The van der Waals surface area contributed by atoms with Gasteiger partial charge in [-0.05, 0) is 18.2 Å². The molecule has 0 amide bonds. The number of carbonyl (C=O) groups is 1. The number of rotatable bonds is 5. The standard InChI is InChI=1S/C15H11N3O4S/c19-13-4-2-1-3-10(13)14(20)8-23-15-16-11-6-5-9(18(21)22)7-12(11)17-15/h1-7,19H,8H2,(H,16,17). The molecule has 0 fully saturated rings. The summed E-state index contributed by atoms with van der Waals surface area (Å²) in [5, 5.41) is 20.9. The highest BCUT2D eigenvalue weighted by Gasteiger charge is 2.13. The maximum Gasteiger partial charge on any atom is 0.271 e. The summed E-state index contributed by atoms with van der Waals surface area (Å²) in [5.74, 6) is -0.183. The SMILES string of the molecule is O=C(CSc1nc2ccc([N+](=O)[O-])cc2[nH]1)c1ccccc1O. The van der Waals surface area contributed by atoms with Crippen molar-refractivity contribution in [3.8, 4) is 5.75 Å². The minimum atomic E-state index is -0.477. The molecule has 1 aromatic heterocycles. The fourth-order valence-electron chi connectivity index (χ4n) is 2.08. The van der Waals surface area contributed by atoms with E-state index >= 15 is 0 Å². The van der Waals surface area contributed by atoms with Crippen molar-refractivity contribution in [3.05, 3.63) is 58.1 Å². The third kappa shape index (κ3) is 3.16. The molecule has 2 N–H and O–H groups in total. The average Bonchev–Trinajstić information content (AvgIpc) is 2.95. The second kappa shape index (κ2) is 6.09. The monoisotopic (exact) mass is 329 g/mol. The van der Waals surface area contributed by atoms with E-state index in [0.29, 0.717) is 16.2 Å². The van der Waals surface area contributed by atoms with Crippen LogP contribution in [0.2, 0.25) is 0 Å². The molecule has 3 aromatic rings. The van der Waals surface area contributed by atoms with Crippen molar-refractivity contribution >= 4 is 34.3 Å². The van der Waals surface area contributed by atoms with E-state index in [-0.39, 0.29) is 28.5 Å². The zero-order valence-corrected chi connectivity index (χ0v) is 12.5. The molecule has 0 aliphatic heterocycles. The Labute approximate surface area is 134 Å². The molecule has 0 spiro atoms. The van der Waals surface area contributed by atoms with E-state index in [4.69, 9.17) is 0 Å². The summed E-state index contributed by atoms with van der Waals surface area (Å²) in [6, 6.07) is 10.7. The van der Waals surface area contributed by atoms with Crippen LogP contribution in [-0.4, -0.2) is 31.5 Å². The Kier molecular flexibility index (Phi) is 3.98. The number of ketones is 1. The lowest BCUT2D eigenvalue weighted by molar-refractivity contribution is -0.384. The molecule has 0 atom stereocenters. The van der Waals surface area contributed by atoms with Gasteiger partial charge in [-0.1, -0.05) is 23.9 Å².